The Morgan fingerprint density at radius 3 is 2.94 bits per heavy atom. The Kier molecular flexibility index (Phi) is 4.34. The lowest BCUT2D eigenvalue weighted by atomic mass is 9.93. The van der Waals surface area contributed by atoms with E-state index in [9.17, 15) is 4.39 Å². The largest absolute Gasteiger partial charge is 0.316 e. The number of hydrogen-bond acceptors (Lipinski definition) is 1. The lowest BCUT2D eigenvalue weighted by molar-refractivity contribution is 0.350. The molecule has 0 aromatic heterocycles. The van der Waals surface area contributed by atoms with Crippen molar-refractivity contribution < 1.29 is 4.39 Å². The number of halogens is 1. The van der Waals surface area contributed by atoms with Crippen LogP contribution in [-0.4, -0.2) is 13.1 Å². The molecule has 1 aromatic rings. The first kappa shape index (κ1) is 11.6. The van der Waals surface area contributed by atoms with Crippen LogP contribution >= 0.6 is 0 Å². The summed E-state index contributed by atoms with van der Waals surface area (Å²) in [6.45, 7) is 2.32. The fraction of sp³-hybridized carbons (Fsp3) is 0.571. The van der Waals surface area contributed by atoms with Crippen LogP contribution in [-0.2, 0) is 6.42 Å². The lowest BCUT2D eigenvalue weighted by Crippen LogP contribution is -2.29. The van der Waals surface area contributed by atoms with Gasteiger partial charge in [-0.05, 0) is 62.7 Å². The van der Waals surface area contributed by atoms with Gasteiger partial charge in [-0.2, -0.15) is 0 Å². The van der Waals surface area contributed by atoms with E-state index in [1.807, 2.05) is 12.1 Å². The SMILES string of the molecule is Fc1ccccc1CCC[C@H]1CCCNC1. The normalized spacial score (nSPS) is 20.9. The van der Waals surface area contributed by atoms with E-state index in [-0.39, 0.29) is 5.82 Å². The van der Waals surface area contributed by atoms with Gasteiger partial charge in [0.25, 0.3) is 0 Å². The van der Waals surface area contributed by atoms with Crippen LogP contribution in [0.3, 0.4) is 0 Å². The molecular formula is C14H20FN. The van der Waals surface area contributed by atoms with E-state index >= 15 is 0 Å². The molecule has 1 aromatic carbocycles. The molecule has 1 atom stereocenters. The van der Waals surface area contributed by atoms with Gasteiger partial charge in [-0.15, -0.1) is 0 Å². The highest BCUT2D eigenvalue weighted by Crippen LogP contribution is 2.18. The maximum absolute atomic E-state index is 13.3. The summed E-state index contributed by atoms with van der Waals surface area (Å²) in [5, 5.41) is 3.42. The molecule has 16 heavy (non-hydrogen) atoms. The Balaban J connectivity index is 1.73. The first-order valence-electron chi connectivity index (χ1n) is 6.30. The summed E-state index contributed by atoms with van der Waals surface area (Å²) in [6.07, 6.45) is 5.84. The first-order valence-corrected chi connectivity index (χ1v) is 6.30. The molecular weight excluding hydrogens is 201 g/mol. The topological polar surface area (TPSA) is 12.0 Å². The van der Waals surface area contributed by atoms with Crippen molar-refractivity contribution in [2.45, 2.75) is 32.1 Å². The average Bonchev–Trinajstić information content (AvgIpc) is 2.33. The quantitative estimate of drug-likeness (QED) is 0.823. The molecule has 0 spiro atoms. The van der Waals surface area contributed by atoms with E-state index in [4.69, 9.17) is 0 Å². The Bertz CT molecular complexity index is 318. The van der Waals surface area contributed by atoms with Gasteiger partial charge in [0.15, 0.2) is 0 Å². The van der Waals surface area contributed by atoms with E-state index in [2.05, 4.69) is 5.32 Å². The minimum absolute atomic E-state index is 0.0516. The van der Waals surface area contributed by atoms with Gasteiger partial charge >= 0.3 is 0 Å². The molecule has 0 bridgehead atoms. The third kappa shape index (κ3) is 3.31. The van der Waals surface area contributed by atoms with Gasteiger partial charge in [0.1, 0.15) is 5.82 Å². The molecule has 0 amide bonds. The van der Waals surface area contributed by atoms with Crippen LogP contribution in [0.5, 0.6) is 0 Å². The summed E-state index contributed by atoms with van der Waals surface area (Å²) in [4.78, 5) is 0. The second-order valence-corrected chi connectivity index (χ2v) is 4.70. The number of hydrogen-bond donors (Lipinski definition) is 1. The standard InChI is InChI=1S/C14H20FN/c15-14-9-2-1-7-13(14)8-3-5-12-6-4-10-16-11-12/h1-2,7,9,12,16H,3-6,8,10-11H2/t12-/m0/s1. The summed E-state index contributed by atoms with van der Waals surface area (Å²) in [6, 6.07) is 7.12. The Labute approximate surface area is 97.1 Å². The summed E-state index contributed by atoms with van der Waals surface area (Å²) in [5.74, 6) is 0.754. The molecule has 88 valence electrons. The summed E-state index contributed by atoms with van der Waals surface area (Å²) in [7, 11) is 0. The molecule has 1 nitrogen and oxygen atoms in total. The van der Waals surface area contributed by atoms with Gasteiger partial charge in [0.05, 0.1) is 0 Å². The smallest absolute Gasteiger partial charge is 0.126 e. The van der Waals surface area contributed by atoms with Crippen LogP contribution in [0.25, 0.3) is 0 Å². The third-order valence-electron chi connectivity index (χ3n) is 3.42. The highest BCUT2D eigenvalue weighted by Gasteiger charge is 2.12. The fourth-order valence-electron chi connectivity index (χ4n) is 2.45. The number of nitrogens with one attached hydrogen (secondary N) is 1. The third-order valence-corrected chi connectivity index (χ3v) is 3.42. The lowest BCUT2D eigenvalue weighted by Gasteiger charge is -2.22. The summed E-state index contributed by atoms with van der Waals surface area (Å²) in [5.41, 5.74) is 0.867. The molecule has 1 heterocycles. The van der Waals surface area contributed by atoms with E-state index in [1.165, 1.54) is 25.8 Å². The molecule has 1 fully saturated rings. The Hall–Kier alpha value is -0.890. The summed E-state index contributed by atoms with van der Waals surface area (Å²) >= 11 is 0. The molecule has 1 aliphatic heterocycles. The van der Waals surface area contributed by atoms with Crippen molar-refractivity contribution in [1.29, 1.82) is 0 Å². The fourth-order valence-corrected chi connectivity index (χ4v) is 2.45. The van der Waals surface area contributed by atoms with Crippen LogP contribution in [0, 0.1) is 11.7 Å². The number of benzene rings is 1. The highest BCUT2D eigenvalue weighted by atomic mass is 19.1. The number of rotatable bonds is 4. The van der Waals surface area contributed by atoms with Crippen molar-refractivity contribution in [1.82, 2.24) is 5.32 Å². The van der Waals surface area contributed by atoms with Gasteiger partial charge < -0.3 is 5.32 Å². The second-order valence-electron chi connectivity index (χ2n) is 4.70. The molecule has 0 unspecified atom stereocenters. The van der Waals surface area contributed by atoms with E-state index in [1.54, 1.807) is 12.1 Å². The second kappa shape index (κ2) is 6.00. The van der Waals surface area contributed by atoms with E-state index in [0.717, 1.165) is 30.9 Å². The van der Waals surface area contributed by atoms with E-state index < -0.39 is 0 Å². The predicted octanol–water partition coefficient (Wildman–Crippen LogP) is 3.15. The van der Waals surface area contributed by atoms with Crippen molar-refractivity contribution >= 4 is 0 Å². The minimum atomic E-state index is -0.0516. The molecule has 2 rings (SSSR count). The van der Waals surface area contributed by atoms with Crippen LogP contribution in [0.15, 0.2) is 24.3 Å². The average molecular weight is 221 g/mol. The van der Waals surface area contributed by atoms with Crippen molar-refractivity contribution in [2.75, 3.05) is 13.1 Å². The minimum Gasteiger partial charge on any atom is -0.316 e. The molecule has 0 radical (unpaired) electrons. The van der Waals surface area contributed by atoms with Crippen molar-refractivity contribution in [3.63, 3.8) is 0 Å². The maximum atomic E-state index is 13.3. The van der Waals surface area contributed by atoms with Crippen LogP contribution in [0.4, 0.5) is 4.39 Å². The molecule has 2 heteroatoms. The molecule has 1 N–H and O–H groups in total. The van der Waals surface area contributed by atoms with Gasteiger partial charge in [0, 0.05) is 0 Å². The van der Waals surface area contributed by atoms with Crippen LogP contribution in [0.2, 0.25) is 0 Å². The Morgan fingerprint density at radius 1 is 1.31 bits per heavy atom. The zero-order valence-corrected chi connectivity index (χ0v) is 9.71. The highest BCUT2D eigenvalue weighted by molar-refractivity contribution is 5.17. The Morgan fingerprint density at radius 2 is 2.19 bits per heavy atom. The van der Waals surface area contributed by atoms with Crippen LogP contribution in [0.1, 0.15) is 31.2 Å². The van der Waals surface area contributed by atoms with Crippen molar-refractivity contribution in [3.05, 3.63) is 35.6 Å². The molecule has 0 saturated carbocycles. The van der Waals surface area contributed by atoms with Crippen molar-refractivity contribution in [3.8, 4) is 0 Å². The van der Waals surface area contributed by atoms with Crippen molar-refractivity contribution in [2.24, 2.45) is 5.92 Å². The van der Waals surface area contributed by atoms with Gasteiger partial charge in [-0.25, -0.2) is 4.39 Å². The first-order chi connectivity index (χ1) is 7.86. The molecule has 1 aliphatic rings. The monoisotopic (exact) mass is 221 g/mol. The van der Waals surface area contributed by atoms with Gasteiger partial charge in [-0.1, -0.05) is 18.2 Å². The molecule has 0 aliphatic carbocycles. The zero-order valence-electron chi connectivity index (χ0n) is 9.71. The number of aryl methyl sites for hydroxylation is 1. The molecule has 1 saturated heterocycles. The van der Waals surface area contributed by atoms with Crippen LogP contribution < -0.4 is 5.32 Å². The van der Waals surface area contributed by atoms with E-state index in [0.29, 0.717) is 0 Å². The zero-order chi connectivity index (χ0) is 11.2. The van der Waals surface area contributed by atoms with Gasteiger partial charge in [-0.3, -0.25) is 0 Å². The summed E-state index contributed by atoms with van der Waals surface area (Å²) < 4.78 is 13.3. The maximum Gasteiger partial charge on any atom is 0.126 e. The predicted molar refractivity (Wildman–Crippen MR) is 64.9 cm³/mol. The number of piperidine rings is 1. The van der Waals surface area contributed by atoms with Gasteiger partial charge in [0.2, 0.25) is 0 Å².